The van der Waals surface area contributed by atoms with Crippen molar-refractivity contribution < 1.29 is 9.90 Å². The predicted molar refractivity (Wildman–Crippen MR) is 85.2 cm³/mol. The Balaban J connectivity index is 1.86. The molecule has 0 aliphatic heterocycles. The van der Waals surface area contributed by atoms with Crippen molar-refractivity contribution in [3.8, 4) is 0 Å². The molecule has 2 N–H and O–H groups in total. The minimum absolute atomic E-state index is 0.00394. The summed E-state index contributed by atoms with van der Waals surface area (Å²) in [6.07, 6.45) is 4.06. The van der Waals surface area contributed by atoms with Gasteiger partial charge in [0.2, 0.25) is 5.91 Å². The third-order valence-electron chi connectivity index (χ3n) is 4.68. The van der Waals surface area contributed by atoms with Gasteiger partial charge in [0.25, 0.3) is 0 Å². The number of carbonyl (C=O) groups excluding carboxylic acids is 1. The lowest BCUT2D eigenvalue weighted by Gasteiger charge is -2.35. The van der Waals surface area contributed by atoms with Gasteiger partial charge in [0.05, 0.1) is 12.0 Å². The van der Waals surface area contributed by atoms with Crippen molar-refractivity contribution in [2.24, 2.45) is 5.92 Å². The van der Waals surface area contributed by atoms with Crippen LogP contribution in [-0.4, -0.2) is 23.2 Å². The molecule has 21 heavy (non-hydrogen) atoms. The predicted octanol–water partition coefficient (Wildman–Crippen LogP) is 2.90. The SMILES string of the molecule is Cc1ccc(C)c(CC(=O)NCC2(O)CCC(C)CC2)c1. The van der Waals surface area contributed by atoms with Crippen LogP contribution in [0.2, 0.25) is 0 Å². The van der Waals surface area contributed by atoms with Crippen molar-refractivity contribution in [3.63, 3.8) is 0 Å². The van der Waals surface area contributed by atoms with Gasteiger partial charge in [-0.15, -0.1) is 0 Å². The van der Waals surface area contributed by atoms with E-state index in [1.54, 1.807) is 0 Å². The van der Waals surface area contributed by atoms with Crippen molar-refractivity contribution in [1.29, 1.82) is 0 Å². The maximum absolute atomic E-state index is 12.1. The molecular weight excluding hydrogens is 262 g/mol. The van der Waals surface area contributed by atoms with Gasteiger partial charge in [-0.3, -0.25) is 4.79 Å². The average Bonchev–Trinajstić information content (AvgIpc) is 2.45. The van der Waals surface area contributed by atoms with Gasteiger partial charge >= 0.3 is 0 Å². The second kappa shape index (κ2) is 6.61. The zero-order valence-corrected chi connectivity index (χ0v) is 13.4. The van der Waals surface area contributed by atoms with E-state index in [1.807, 2.05) is 19.9 Å². The Morgan fingerprint density at radius 3 is 2.67 bits per heavy atom. The molecule has 1 aromatic rings. The molecule has 116 valence electrons. The van der Waals surface area contributed by atoms with Crippen LogP contribution < -0.4 is 5.32 Å². The molecule has 0 bridgehead atoms. The highest BCUT2D eigenvalue weighted by Crippen LogP contribution is 2.31. The van der Waals surface area contributed by atoms with Crippen molar-refractivity contribution in [3.05, 3.63) is 34.9 Å². The summed E-state index contributed by atoms with van der Waals surface area (Å²) in [7, 11) is 0. The van der Waals surface area contributed by atoms with Gasteiger partial charge in [-0.25, -0.2) is 0 Å². The van der Waals surface area contributed by atoms with Gasteiger partial charge in [0.1, 0.15) is 0 Å². The average molecular weight is 289 g/mol. The molecular formula is C18H27NO2. The summed E-state index contributed by atoms with van der Waals surface area (Å²) in [6.45, 7) is 6.66. The Morgan fingerprint density at radius 2 is 2.00 bits per heavy atom. The first-order valence-corrected chi connectivity index (χ1v) is 7.93. The first kappa shape index (κ1) is 16.0. The van der Waals surface area contributed by atoms with Crippen LogP contribution in [0.3, 0.4) is 0 Å². The standard InChI is InChI=1S/C18H27NO2/c1-13-6-8-18(21,9-7-13)12-19-17(20)11-16-10-14(2)4-5-15(16)3/h4-5,10,13,21H,6-9,11-12H2,1-3H3,(H,19,20). The maximum atomic E-state index is 12.1. The first-order valence-electron chi connectivity index (χ1n) is 7.93. The van der Waals surface area contributed by atoms with E-state index in [1.165, 1.54) is 5.56 Å². The minimum atomic E-state index is -0.705. The van der Waals surface area contributed by atoms with Crippen LogP contribution >= 0.6 is 0 Å². The van der Waals surface area contributed by atoms with Gasteiger partial charge in [-0.1, -0.05) is 30.7 Å². The summed E-state index contributed by atoms with van der Waals surface area (Å²) in [5, 5.41) is 13.4. The highest BCUT2D eigenvalue weighted by molar-refractivity contribution is 5.79. The maximum Gasteiger partial charge on any atom is 0.224 e. The molecule has 1 aliphatic rings. The number of carbonyl (C=O) groups is 1. The van der Waals surface area contributed by atoms with E-state index in [9.17, 15) is 9.90 Å². The smallest absolute Gasteiger partial charge is 0.224 e. The summed E-state index contributed by atoms with van der Waals surface area (Å²) < 4.78 is 0. The molecule has 0 spiro atoms. The monoisotopic (exact) mass is 289 g/mol. The first-order chi connectivity index (χ1) is 9.88. The van der Waals surface area contributed by atoms with Crippen LogP contribution in [0.4, 0.5) is 0 Å². The highest BCUT2D eigenvalue weighted by atomic mass is 16.3. The number of aliphatic hydroxyl groups is 1. The van der Waals surface area contributed by atoms with Gasteiger partial charge < -0.3 is 10.4 Å². The summed E-state index contributed by atoms with van der Waals surface area (Å²) in [4.78, 5) is 12.1. The molecule has 0 heterocycles. The van der Waals surface area contributed by atoms with E-state index < -0.39 is 5.60 Å². The third-order valence-corrected chi connectivity index (χ3v) is 4.68. The Bertz CT molecular complexity index is 502. The Hall–Kier alpha value is -1.35. The topological polar surface area (TPSA) is 49.3 Å². The summed E-state index contributed by atoms with van der Waals surface area (Å²) >= 11 is 0. The molecule has 3 nitrogen and oxygen atoms in total. The van der Waals surface area contributed by atoms with Crippen LogP contribution in [-0.2, 0) is 11.2 Å². The number of benzene rings is 1. The minimum Gasteiger partial charge on any atom is -0.388 e. The van der Waals surface area contributed by atoms with E-state index >= 15 is 0 Å². The number of hydrogen-bond acceptors (Lipinski definition) is 2. The summed E-state index contributed by atoms with van der Waals surface area (Å²) in [6, 6.07) is 6.17. The molecule has 0 atom stereocenters. The van der Waals surface area contributed by atoms with Crippen LogP contribution in [0, 0.1) is 19.8 Å². The summed E-state index contributed by atoms with van der Waals surface area (Å²) in [5.41, 5.74) is 2.67. The molecule has 1 aromatic carbocycles. The lowest BCUT2D eigenvalue weighted by molar-refractivity contribution is -0.122. The number of rotatable bonds is 4. The number of aryl methyl sites for hydroxylation is 2. The molecule has 0 unspecified atom stereocenters. The van der Waals surface area contributed by atoms with Crippen LogP contribution in [0.5, 0.6) is 0 Å². The molecule has 1 aliphatic carbocycles. The van der Waals surface area contributed by atoms with Gasteiger partial charge in [0, 0.05) is 6.54 Å². The molecule has 1 fully saturated rings. The van der Waals surface area contributed by atoms with E-state index in [2.05, 4.69) is 24.4 Å². The Morgan fingerprint density at radius 1 is 1.33 bits per heavy atom. The molecule has 1 saturated carbocycles. The zero-order valence-electron chi connectivity index (χ0n) is 13.4. The lowest BCUT2D eigenvalue weighted by Crippen LogP contribution is -2.45. The Labute approximate surface area is 127 Å². The number of hydrogen-bond donors (Lipinski definition) is 2. The molecule has 0 radical (unpaired) electrons. The van der Waals surface area contributed by atoms with Crippen molar-refractivity contribution >= 4 is 5.91 Å². The molecule has 3 heteroatoms. The fourth-order valence-corrected chi connectivity index (χ4v) is 2.97. The largest absolute Gasteiger partial charge is 0.388 e. The van der Waals surface area contributed by atoms with Gasteiger partial charge in [-0.05, 0) is 56.6 Å². The molecule has 0 saturated heterocycles. The van der Waals surface area contributed by atoms with Crippen LogP contribution in [0.25, 0.3) is 0 Å². The second-order valence-electron chi connectivity index (χ2n) is 6.79. The van der Waals surface area contributed by atoms with E-state index in [4.69, 9.17) is 0 Å². The fraction of sp³-hybridized carbons (Fsp3) is 0.611. The summed E-state index contributed by atoms with van der Waals surface area (Å²) in [5.74, 6) is 0.687. The van der Waals surface area contributed by atoms with E-state index in [0.717, 1.165) is 36.8 Å². The second-order valence-corrected chi connectivity index (χ2v) is 6.79. The fourth-order valence-electron chi connectivity index (χ4n) is 2.97. The quantitative estimate of drug-likeness (QED) is 0.895. The van der Waals surface area contributed by atoms with Crippen molar-refractivity contribution in [2.75, 3.05) is 6.54 Å². The molecule has 1 amide bonds. The van der Waals surface area contributed by atoms with Crippen molar-refractivity contribution in [1.82, 2.24) is 5.32 Å². The Kier molecular flexibility index (Phi) is 5.04. The molecule has 0 aromatic heterocycles. The van der Waals surface area contributed by atoms with Crippen LogP contribution in [0.15, 0.2) is 18.2 Å². The van der Waals surface area contributed by atoms with E-state index in [-0.39, 0.29) is 5.91 Å². The van der Waals surface area contributed by atoms with Gasteiger partial charge in [-0.2, -0.15) is 0 Å². The van der Waals surface area contributed by atoms with Gasteiger partial charge in [0.15, 0.2) is 0 Å². The third kappa shape index (κ3) is 4.57. The van der Waals surface area contributed by atoms with Crippen molar-refractivity contribution in [2.45, 2.75) is 58.5 Å². The van der Waals surface area contributed by atoms with Crippen LogP contribution in [0.1, 0.15) is 49.3 Å². The highest BCUT2D eigenvalue weighted by Gasteiger charge is 2.31. The number of amides is 1. The lowest BCUT2D eigenvalue weighted by atomic mass is 9.79. The van der Waals surface area contributed by atoms with E-state index in [0.29, 0.717) is 18.9 Å². The number of nitrogens with one attached hydrogen (secondary N) is 1. The normalized spacial score (nSPS) is 25.6. The molecule has 2 rings (SSSR count). The zero-order chi connectivity index (χ0) is 15.5.